The van der Waals surface area contributed by atoms with E-state index in [1.165, 1.54) is 10.4 Å². The smallest absolute Gasteiger partial charge is 0.223 e. The molecule has 1 aliphatic rings. The topological polar surface area (TPSA) is 48.5 Å². The Kier molecular flexibility index (Phi) is 7.69. The number of benzene rings is 1. The molecule has 3 heterocycles. The van der Waals surface area contributed by atoms with E-state index in [-0.39, 0.29) is 24.2 Å². The summed E-state index contributed by atoms with van der Waals surface area (Å²) in [7, 11) is 4.04. The number of pyridine rings is 1. The van der Waals surface area contributed by atoms with Gasteiger partial charge in [0.15, 0.2) is 0 Å². The van der Waals surface area contributed by atoms with Crippen molar-refractivity contribution >= 4 is 45.6 Å². The van der Waals surface area contributed by atoms with Crippen LogP contribution in [0, 0.1) is 5.92 Å². The molecule has 1 amide bonds. The quantitative estimate of drug-likeness (QED) is 0.616. The number of carbonyl (C=O) groups excluding carboxylic acids is 1. The predicted molar refractivity (Wildman–Crippen MR) is 129 cm³/mol. The van der Waals surface area contributed by atoms with Gasteiger partial charge in [-0.1, -0.05) is 30.3 Å². The summed E-state index contributed by atoms with van der Waals surface area (Å²) in [5, 5.41) is 5.20. The monoisotopic (exact) mass is 444 g/mol. The van der Waals surface area contributed by atoms with Crippen molar-refractivity contribution in [2.75, 3.05) is 45.2 Å². The number of halogens is 1. The lowest BCUT2D eigenvalue weighted by Crippen LogP contribution is -2.42. The van der Waals surface area contributed by atoms with Gasteiger partial charge in [-0.25, -0.2) is 4.98 Å². The highest BCUT2D eigenvalue weighted by atomic mass is 35.5. The van der Waals surface area contributed by atoms with Crippen molar-refractivity contribution in [2.24, 2.45) is 5.92 Å². The Morgan fingerprint density at radius 1 is 1.20 bits per heavy atom. The van der Waals surface area contributed by atoms with E-state index in [9.17, 15) is 4.79 Å². The SMILES string of the molecule is CN(C)CCNC(=O)C1CCN(c2cc(-c3ccccc3)nc3ccsc23)CC1.Cl. The van der Waals surface area contributed by atoms with Crippen LogP contribution in [-0.2, 0) is 4.79 Å². The Bertz CT molecular complexity index is 968. The van der Waals surface area contributed by atoms with E-state index in [4.69, 9.17) is 4.98 Å². The lowest BCUT2D eigenvalue weighted by molar-refractivity contribution is -0.125. The Morgan fingerprint density at radius 2 is 1.93 bits per heavy atom. The van der Waals surface area contributed by atoms with Crippen LogP contribution in [0.5, 0.6) is 0 Å². The summed E-state index contributed by atoms with van der Waals surface area (Å²) in [4.78, 5) is 21.9. The number of thiophene rings is 1. The number of anilines is 1. The van der Waals surface area contributed by atoms with Gasteiger partial charge in [0.25, 0.3) is 0 Å². The number of nitrogens with zero attached hydrogens (tertiary/aromatic N) is 3. The van der Waals surface area contributed by atoms with E-state index in [1.54, 1.807) is 11.3 Å². The Morgan fingerprint density at radius 3 is 2.63 bits per heavy atom. The van der Waals surface area contributed by atoms with Gasteiger partial charge in [-0.3, -0.25) is 4.79 Å². The van der Waals surface area contributed by atoms with Gasteiger partial charge in [0, 0.05) is 37.7 Å². The number of rotatable bonds is 6. The number of piperidine rings is 1. The van der Waals surface area contributed by atoms with Gasteiger partial charge >= 0.3 is 0 Å². The van der Waals surface area contributed by atoms with E-state index in [0.717, 1.165) is 49.2 Å². The van der Waals surface area contributed by atoms with Gasteiger partial charge in [-0.15, -0.1) is 23.7 Å². The number of hydrogen-bond acceptors (Lipinski definition) is 5. The second-order valence-corrected chi connectivity index (χ2v) is 8.80. The molecule has 0 spiro atoms. The minimum Gasteiger partial charge on any atom is -0.370 e. The van der Waals surface area contributed by atoms with Crippen LogP contribution in [0.4, 0.5) is 5.69 Å². The fourth-order valence-corrected chi connectivity index (χ4v) is 4.74. The van der Waals surface area contributed by atoms with Crippen molar-refractivity contribution in [2.45, 2.75) is 12.8 Å². The van der Waals surface area contributed by atoms with Crippen molar-refractivity contribution in [3.8, 4) is 11.3 Å². The number of amides is 1. The fourth-order valence-electron chi connectivity index (χ4n) is 3.86. The lowest BCUT2D eigenvalue weighted by atomic mass is 9.95. The van der Waals surface area contributed by atoms with Gasteiger partial charge in [-0.05, 0) is 44.4 Å². The van der Waals surface area contributed by atoms with Crippen LogP contribution < -0.4 is 10.2 Å². The summed E-state index contributed by atoms with van der Waals surface area (Å²) in [5.74, 6) is 0.315. The van der Waals surface area contributed by atoms with E-state index in [0.29, 0.717) is 6.54 Å². The molecule has 0 radical (unpaired) electrons. The maximum atomic E-state index is 12.5. The molecule has 0 saturated carbocycles. The van der Waals surface area contributed by atoms with Crippen molar-refractivity contribution in [1.29, 1.82) is 0 Å². The molecule has 0 atom stereocenters. The van der Waals surface area contributed by atoms with Gasteiger partial charge in [0.2, 0.25) is 5.91 Å². The molecule has 160 valence electrons. The number of aromatic nitrogens is 1. The molecule has 5 nitrogen and oxygen atoms in total. The number of hydrogen-bond donors (Lipinski definition) is 1. The van der Waals surface area contributed by atoms with Crippen molar-refractivity contribution in [3.05, 3.63) is 47.8 Å². The highest BCUT2D eigenvalue weighted by Crippen LogP contribution is 2.36. The largest absolute Gasteiger partial charge is 0.370 e. The standard InChI is InChI=1S/C23H28N4OS.ClH/c1-26(2)14-11-24-23(28)18-8-12-27(13-9-18)21-16-20(17-6-4-3-5-7-17)25-19-10-15-29-22(19)21;/h3-7,10,15-16,18H,8-9,11-14H2,1-2H3,(H,24,28);1H. The van der Waals surface area contributed by atoms with Gasteiger partial charge in [-0.2, -0.15) is 0 Å². The van der Waals surface area contributed by atoms with Crippen LogP contribution in [0.25, 0.3) is 21.5 Å². The molecule has 0 bridgehead atoms. The third-order valence-electron chi connectivity index (χ3n) is 5.53. The first-order valence-electron chi connectivity index (χ1n) is 10.2. The van der Waals surface area contributed by atoms with Crippen molar-refractivity contribution in [1.82, 2.24) is 15.2 Å². The number of carbonyl (C=O) groups is 1. The third kappa shape index (κ3) is 5.12. The molecule has 2 aromatic heterocycles. The summed E-state index contributed by atoms with van der Waals surface area (Å²) in [5.41, 5.74) is 4.44. The number of likely N-dealkylation sites (N-methyl/N-ethyl adjacent to an activating group) is 1. The first-order chi connectivity index (χ1) is 14.1. The molecule has 3 aromatic rings. The average Bonchev–Trinajstić information content (AvgIpc) is 3.22. The molecule has 1 aromatic carbocycles. The summed E-state index contributed by atoms with van der Waals surface area (Å²) < 4.78 is 1.23. The average molecular weight is 445 g/mol. The molecule has 1 aliphatic heterocycles. The molecule has 1 saturated heterocycles. The highest BCUT2D eigenvalue weighted by molar-refractivity contribution is 7.17. The van der Waals surface area contributed by atoms with Crippen LogP contribution in [0.3, 0.4) is 0 Å². The molecule has 30 heavy (non-hydrogen) atoms. The first-order valence-corrected chi connectivity index (χ1v) is 11.1. The van der Waals surface area contributed by atoms with Crippen LogP contribution in [0.1, 0.15) is 12.8 Å². The zero-order valence-corrected chi connectivity index (χ0v) is 19.1. The van der Waals surface area contributed by atoms with Gasteiger partial charge < -0.3 is 15.1 Å². The molecular weight excluding hydrogens is 416 g/mol. The minimum absolute atomic E-state index is 0. The van der Waals surface area contributed by atoms with Crippen LogP contribution in [0.2, 0.25) is 0 Å². The summed E-state index contributed by atoms with van der Waals surface area (Å²) >= 11 is 1.74. The molecule has 0 unspecified atom stereocenters. The number of fused-ring (bicyclic) bond motifs is 1. The Labute approximate surface area is 188 Å². The zero-order valence-electron chi connectivity index (χ0n) is 17.5. The zero-order chi connectivity index (χ0) is 20.2. The second-order valence-electron chi connectivity index (χ2n) is 7.88. The van der Waals surface area contributed by atoms with Gasteiger partial charge in [0.05, 0.1) is 21.6 Å². The maximum Gasteiger partial charge on any atom is 0.223 e. The van der Waals surface area contributed by atoms with Crippen molar-refractivity contribution in [3.63, 3.8) is 0 Å². The van der Waals surface area contributed by atoms with Crippen LogP contribution in [-0.4, -0.2) is 56.1 Å². The number of nitrogens with one attached hydrogen (secondary N) is 1. The Hall–Kier alpha value is -2.15. The fraction of sp³-hybridized carbons (Fsp3) is 0.391. The van der Waals surface area contributed by atoms with E-state index >= 15 is 0 Å². The molecule has 4 rings (SSSR count). The molecule has 7 heteroatoms. The molecule has 0 aliphatic carbocycles. The summed E-state index contributed by atoms with van der Waals surface area (Å²) in [6, 6.07) is 14.7. The van der Waals surface area contributed by atoms with Crippen LogP contribution >= 0.6 is 23.7 Å². The first kappa shape index (κ1) is 22.5. The van der Waals surface area contributed by atoms with E-state index in [2.05, 4.69) is 56.9 Å². The Balaban J connectivity index is 0.00000256. The normalized spacial score (nSPS) is 14.7. The minimum atomic E-state index is 0. The van der Waals surface area contributed by atoms with Crippen LogP contribution in [0.15, 0.2) is 47.8 Å². The molecular formula is C23H29ClN4OS. The summed E-state index contributed by atoms with van der Waals surface area (Å²) in [6.07, 6.45) is 1.79. The van der Waals surface area contributed by atoms with E-state index < -0.39 is 0 Å². The second kappa shape index (κ2) is 10.2. The van der Waals surface area contributed by atoms with Crippen molar-refractivity contribution < 1.29 is 4.79 Å². The highest BCUT2D eigenvalue weighted by Gasteiger charge is 2.26. The third-order valence-corrected chi connectivity index (χ3v) is 6.45. The predicted octanol–water partition coefficient (Wildman–Crippen LogP) is 4.28. The molecule has 1 N–H and O–H groups in total. The maximum absolute atomic E-state index is 12.5. The molecule has 1 fully saturated rings. The van der Waals surface area contributed by atoms with Gasteiger partial charge in [0.1, 0.15) is 0 Å². The summed E-state index contributed by atoms with van der Waals surface area (Å²) in [6.45, 7) is 3.39. The lowest BCUT2D eigenvalue weighted by Gasteiger charge is -2.33. The van der Waals surface area contributed by atoms with E-state index in [1.807, 2.05) is 20.2 Å².